The van der Waals surface area contributed by atoms with Crippen LogP contribution in [-0.4, -0.2) is 26.4 Å². The van der Waals surface area contributed by atoms with Crippen LogP contribution in [0.4, 0.5) is 0 Å². The van der Waals surface area contributed by atoms with Crippen molar-refractivity contribution in [3.05, 3.63) is 0 Å². The Morgan fingerprint density at radius 1 is 1.71 bits per heavy atom. The van der Waals surface area contributed by atoms with Crippen molar-refractivity contribution in [1.29, 1.82) is 0 Å². The molecule has 0 radical (unpaired) electrons. The molecule has 1 N–H and O–H groups in total. The maximum absolute atomic E-state index is 9.73. The van der Waals surface area contributed by atoms with Crippen LogP contribution in [0.3, 0.4) is 0 Å². The van der Waals surface area contributed by atoms with E-state index in [1.807, 2.05) is 0 Å². The maximum atomic E-state index is 9.73. The third-order valence-corrected chi connectivity index (χ3v) is 1.58. The number of carboxylic acid groups (broad SMARTS) is 1. The van der Waals surface area contributed by atoms with Gasteiger partial charge >= 0.3 is 46.7 Å². The molecule has 0 spiro atoms. The van der Waals surface area contributed by atoms with Crippen molar-refractivity contribution in [3.8, 4) is 0 Å². The van der Waals surface area contributed by atoms with Gasteiger partial charge in [0.2, 0.25) is 0 Å². The predicted octanol–water partition coefficient (Wildman–Crippen LogP) is -0.339. The fourth-order valence-electron chi connectivity index (χ4n) is 0.182. The van der Waals surface area contributed by atoms with Gasteiger partial charge in [-0.1, -0.05) is 0 Å². The van der Waals surface area contributed by atoms with Crippen LogP contribution in [0.1, 0.15) is 6.42 Å². The quantitative estimate of drug-likeness (QED) is 0.578. The van der Waals surface area contributed by atoms with Crippen molar-refractivity contribution in [3.63, 3.8) is 0 Å². The molecule has 0 fully saturated rings. The van der Waals surface area contributed by atoms with Crippen LogP contribution in [-0.2, 0) is 8.57 Å². The summed E-state index contributed by atoms with van der Waals surface area (Å²) in [5, 5.41) is 8.33. The molecule has 0 unspecified atom stereocenters. The summed E-state index contributed by atoms with van der Waals surface area (Å²) in [7, 11) is 0. The molecule has 0 aliphatic heterocycles. The van der Waals surface area contributed by atoms with E-state index in [-0.39, 0.29) is 6.42 Å². The molecule has 0 amide bonds. The van der Waals surface area contributed by atoms with Crippen LogP contribution in [0.2, 0.25) is 5.25 Å². The van der Waals surface area contributed by atoms with Gasteiger partial charge in [0.05, 0.1) is 0 Å². The fourth-order valence-corrected chi connectivity index (χ4v) is 0.948. The molecular formula is C3H6GeO3. The molecule has 0 saturated carbocycles. The van der Waals surface area contributed by atoms with Crippen LogP contribution in [0.25, 0.3) is 0 Å². The average molecular weight is 163 g/mol. The second-order valence-corrected chi connectivity index (χ2v) is 3.01. The molecule has 0 bridgehead atoms. The van der Waals surface area contributed by atoms with E-state index in [9.17, 15) is 8.57 Å². The van der Waals surface area contributed by atoms with Gasteiger partial charge in [0.1, 0.15) is 0 Å². The van der Waals surface area contributed by atoms with Crippen molar-refractivity contribution < 1.29 is 13.7 Å². The third kappa shape index (κ3) is 5.81. The third-order valence-electron chi connectivity index (χ3n) is 0.476. The van der Waals surface area contributed by atoms with E-state index in [1.54, 1.807) is 0 Å². The molecule has 0 atom stereocenters. The molecule has 40 valence electrons. The Kier molecular flexibility index (Phi) is 3.88. The summed E-state index contributed by atoms with van der Waals surface area (Å²) >= 11 is -1.38. The fraction of sp³-hybridized carbons (Fsp3) is 0.667. The zero-order valence-electron chi connectivity index (χ0n) is 3.76. The first-order valence-electron chi connectivity index (χ1n) is 1.93. The molecule has 3 nitrogen and oxygen atoms in total. The van der Waals surface area contributed by atoms with Gasteiger partial charge in [-0.2, -0.15) is 0 Å². The summed E-state index contributed by atoms with van der Waals surface area (Å²) in [5.41, 5.74) is 0. The van der Waals surface area contributed by atoms with Gasteiger partial charge in [0.15, 0.2) is 0 Å². The average Bonchev–Trinajstić information content (AvgIpc) is 1.61. The van der Waals surface area contributed by atoms with Crippen LogP contribution < -0.4 is 0 Å². The van der Waals surface area contributed by atoms with Crippen molar-refractivity contribution in [2.75, 3.05) is 0 Å². The SMILES string of the molecule is [O]=[GeH][CH2]CC(=O)O. The Morgan fingerprint density at radius 2 is 2.29 bits per heavy atom. The van der Waals surface area contributed by atoms with Crippen LogP contribution >= 0.6 is 0 Å². The second-order valence-electron chi connectivity index (χ2n) is 1.10. The Labute approximate surface area is 47.4 Å². The van der Waals surface area contributed by atoms with Crippen molar-refractivity contribution in [1.82, 2.24) is 0 Å². The molecule has 0 aromatic heterocycles. The van der Waals surface area contributed by atoms with E-state index in [0.29, 0.717) is 5.25 Å². The molecule has 0 aromatic carbocycles. The molecule has 0 rings (SSSR count). The van der Waals surface area contributed by atoms with E-state index in [2.05, 4.69) is 0 Å². The zero-order chi connectivity index (χ0) is 5.70. The molecule has 0 aliphatic carbocycles. The Balaban J connectivity index is 2.97. The van der Waals surface area contributed by atoms with Crippen molar-refractivity contribution >= 4 is 21.3 Å². The van der Waals surface area contributed by atoms with E-state index < -0.39 is 21.3 Å². The minimum atomic E-state index is -1.38. The first-order valence-corrected chi connectivity index (χ1v) is 4.63. The van der Waals surface area contributed by atoms with Crippen molar-refractivity contribution in [2.24, 2.45) is 0 Å². The normalized spacial score (nSPS) is 8.00. The monoisotopic (exact) mass is 164 g/mol. The Morgan fingerprint density at radius 3 is 2.43 bits per heavy atom. The number of hydrogen-bond donors (Lipinski definition) is 1. The number of carboxylic acids is 1. The van der Waals surface area contributed by atoms with Gasteiger partial charge in [-0.05, 0) is 0 Å². The van der Waals surface area contributed by atoms with Gasteiger partial charge in [-0.15, -0.1) is 0 Å². The molecule has 0 aliphatic rings. The summed E-state index contributed by atoms with van der Waals surface area (Å²) in [6, 6.07) is 0. The zero-order valence-corrected chi connectivity index (χ0v) is 6.18. The van der Waals surface area contributed by atoms with Gasteiger partial charge in [0, 0.05) is 0 Å². The summed E-state index contributed by atoms with van der Waals surface area (Å²) in [6.07, 6.45) is 0.0729. The van der Waals surface area contributed by atoms with Gasteiger partial charge in [-0.3, -0.25) is 0 Å². The Hall–Kier alpha value is -0.187. The molecular weight excluding hydrogens is 157 g/mol. The van der Waals surface area contributed by atoms with E-state index in [4.69, 9.17) is 5.11 Å². The van der Waals surface area contributed by atoms with Crippen LogP contribution in [0.15, 0.2) is 0 Å². The minimum absolute atomic E-state index is 0.0729. The first-order chi connectivity index (χ1) is 3.27. The van der Waals surface area contributed by atoms with Gasteiger partial charge < -0.3 is 0 Å². The standard InChI is InChI=1S/C3H6GeO3/c5-3(6)1-2-4-7/h4H,1-2H2,(H,5,6). The molecule has 0 saturated heterocycles. The summed E-state index contributed by atoms with van der Waals surface area (Å²) in [4.78, 5) is 9.64. The number of carbonyl (C=O) groups is 1. The Bertz CT molecular complexity index is 80.2. The van der Waals surface area contributed by atoms with Crippen molar-refractivity contribution in [2.45, 2.75) is 11.7 Å². The summed E-state index contributed by atoms with van der Waals surface area (Å²) in [5.74, 6) is -0.854. The predicted molar refractivity (Wildman–Crippen MR) is 24.9 cm³/mol. The molecule has 7 heavy (non-hydrogen) atoms. The van der Waals surface area contributed by atoms with E-state index >= 15 is 0 Å². The van der Waals surface area contributed by atoms with Crippen LogP contribution in [0.5, 0.6) is 0 Å². The van der Waals surface area contributed by atoms with E-state index in [0.717, 1.165) is 0 Å². The number of hydrogen-bond acceptors (Lipinski definition) is 2. The first kappa shape index (κ1) is 6.81. The molecule has 4 heteroatoms. The molecule has 0 aromatic rings. The van der Waals surface area contributed by atoms with Crippen LogP contribution in [0, 0.1) is 0 Å². The number of aliphatic carboxylic acids is 1. The summed E-state index contributed by atoms with van der Waals surface area (Å²) < 4.78 is 9.73. The molecule has 0 heterocycles. The second kappa shape index (κ2) is 3.98. The van der Waals surface area contributed by atoms with E-state index in [1.165, 1.54) is 0 Å². The topological polar surface area (TPSA) is 54.4 Å². The summed E-state index contributed by atoms with van der Waals surface area (Å²) in [6.45, 7) is 0. The van der Waals surface area contributed by atoms with Gasteiger partial charge in [0.25, 0.3) is 0 Å². The van der Waals surface area contributed by atoms with Gasteiger partial charge in [-0.25, -0.2) is 0 Å². The number of rotatable bonds is 3.